The highest BCUT2D eigenvalue weighted by atomic mass is 32.2. The Morgan fingerprint density at radius 1 is 1.03 bits per heavy atom. The maximum atomic E-state index is 13.0. The quantitative estimate of drug-likeness (QED) is 0.514. The molecule has 1 fully saturated rings. The number of nitrogens with one attached hydrogen (secondary N) is 1. The van der Waals surface area contributed by atoms with Crippen molar-refractivity contribution < 1.29 is 18.0 Å². The highest BCUT2D eigenvalue weighted by molar-refractivity contribution is 7.89. The maximum absolute atomic E-state index is 13.0. The Kier molecular flexibility index (Phi) is 7.71. The predicted molar refractivity (Wildman–Crippen MR) is 131 cm³/mol. The van der Waals surface area contributed by atoms with E-state index in [0.717, 1.165) is 12.8 Å². The van der Waals surface area contributed by atoms with Gasteiger partial charge in [-0.2, -0.15) is 4.31 Å². The minimum Gasteiger partial charge on any atom is -0.336 e. The Morgan fingerprint density at radius 3 is 2.56 bits per heavy atom. The number of pyridine rings is 1. The van der Waals surface area contributed by atoms with Gasteiger partial charge in [-0.05, 0) is 54.6 Å². The Bertz CT molecular complexity index is 1220. The second kappa shape index (κ2) is 10.9. The summed E-state index contributed by atoms with van der Waals surface area (Å²) in [5.41, 5.74) is 1.03. The summed E-state index contributed by atoms with van der Waals surface area (Å²) in [6, 6.07) is 14.0. The molecule has 1 aromatic carbocycles. The standard InChI is InChI=1S/C24H26N4O4S2/c29-23(10-2-7-21-8-4-16-33-21)26-20-6-1-5-19(17-20)24(30)27-12-14-28(15-13-27)34(31,32)22-9-3-11-25-18-22/h1,3-6,8-9,11,16-18H,2,7,10,12-15H2,(H,26,29). The van der Waals surface area contributed by atoms with Crippen molar-refractivity contribution in [2.45, 2.75) is 24.2 Å². The molecule has 3 aromatic rings. The number of piperazine rings is 1. The summed E-state index contributed by atoms with van der Waals surface area (Å²) in [6.45, 7) is 1.00. The number of carbonyl (C=O) groups excluding carboxylic acids is 2. The lowest BCUT2D eigenvalue weighted by Gasteiger charge is -2.34. The molecule has 0 aliphatic carbocycles. The fourth-order valence-corrected chi connectivity index (χ4v) is 5.93. The van der Waals surface area contributed by atoms with Crippen LogP contribution in [0.1, 0.15) is 28.1 Å². The number of aryl methyl sites for hydroxylation is 1. The largest absolute Gasteiger partial charge is 0.336 e. The average molecular weight is 499 g/mol. The molecule has 0 bridgehead atoms. The number of anilines is 1. The molecular weight excluding hydrogens is 472 g/mol. The summed E-state index contributed by atoms with van der Waals surface area (Å²) in [5.74, 6) is -0.275. The molecule has 8 nitrogen and oxygen atoms in total. The zero-order valence-corrected chi connectivity index (χ0v) is 20.2. The van der Waals surface area contributed by atoms with E-state index in [4.69, 9.17) is 0 Å². The SMILES string of the molecule is O=C(CCCc1cccs1)Nc1cccc(C(=O)N2CCN(S(=O)(=O)c3cccnc3)CC2)c1. The van der Waals surface area contributed by atoms with E-state index in [2.05, 4.69) is 16.4 Å². The molecule has 0 atom stereocenters. The second-order valence-corrected chi connectivity index (χ2v) is 10.9. The molecule has 3 heterocycles. The van der Waals surface area contributed by atoms with Gasteiger partial charge >= 0.3 is 0 Å². The summed E-state index contributed by atoms with van der Waals surface area (Å²) in [5, 5.41) is 4.89. The van der Waals surface area contributed by atoms with Crippen molar-refractivity contribution in [3.05, 3.63) is 76.7 Å². The third-order valence-electron chi connectivity index (χ3n) is 5.60. The summed E-state index contributed by atoms with van der Waals surface area (Å²) in [4.78, 5) is 32.2. The number of sulfonamides is 1. The van der Waals surface area contributed by atoms with Crippen molar-refractivity contribution in [3.8, 4) is 0 Å². The molecule has 1 N–H and O–H groups in total. The highest BCUT2D eigenvalue weighted by Crippen LogP contribution is 2.19. The molecule has 0 radical (unpaired) electrons. The Morgan fingerprint density at radius 2 is 1.85 bits per heavy atom. The number of nitrogens with zero attached hydrogens (tertiary/aromatic N) is 3. The molecule has 4 rings (SSSR count). The van der Waals surface area contributed by atoms with Gasteiger partial charge in [0.1, 0.15) is 4.90 Å². The number of rotatable bonds is 8. The van der Waals surface area contributed by atoms with Crippen molar-refractivity contribution in [3.63, 3.8) is 0 Å². The molecule has 2 aromatic heterocycles. The normalized spacial score (nSPS) is 14.6. The van der Waals surface area contributed by atoms with E-state index < -0.39 is 10.0 Å². The summed E-state index contributed by atoms with van der Waals surface area (Å²) in [7, 11) is -3.63. The van der Waals surface area contributed by atoms with E-state index in [1.807, 2.05) is 11.4 Å². The lowest BCUT2D eigenvalue weighted by atomic mass is 10.1. The zero-order valence-electron chi connectivity index (χ0n) is 18.6. The molecule has 0 saturated carbocycles. The Hall–Kier alpha value is -3.08. The van der Waals surface area contributed by atoms with Gasteiger partial charge in [-0.3, -0.25) is 14.6 Å². The van der Waals surface area contributed by atoms with Crippen LogP contribution in [0, 0.1) is 0 Å². The highest BCUT2D eigenvalue weighted by Gasteiger charge is 2.30. The van der Waals surface area contributed by atoms with Crippen LogP contribution in [0.15, 0.2) is 71.2 Å². The van der Waals surface area contributed by atoms with Gasteiger partial charge in [-0.15, -0.1) is 11.3 Å². The second-order valence-electron chi connectivity index (χ2n) is 7.95. The molecule has 1 aliphatic heterocycles. The van der Waals surface area contributed by atoms with Crippen LogP contribution in [0.2, 0.25) is 0 Å². The van der Waals surface area contributed by atoms with Crippen molar-refractivity contribution in [2.75, 3.05) is 31.5 Å². The van der Waals surface area contributed by atoms with E-state index in [1.165, 1.54) is 27.6 Å². The smallest absolute Gasteiger partial charge is 0.254 e. The fraction of sp³-hybridized carbons (Fsp3) is 0.292. The summed E-state index contributed by atoms with van der Waals surface area (Å²) < 4.78 is 26.9. The molecule has 0 unspecified atom stereocenters. The van der Waals surface area contributed by atoms with Crippen molar-refractivity contribution in [1.29, 1.82) is 0 Å². The van der Waals surface area contributed by atoms with E-state index in [-0.39, 0.29) is 42.9 Å². The van der Waals surface area contributed by atoms with Gasteiger partial charge in [-0.1, -0.05) is 12.1 Å². The zero-order chi connectivity index (χ0) is 24.0. The van der Waals surface area contributed by atoms with Crippen LogP contribution in [0.25, 0.3) is 0 Å². The third kappa shape index (κ3) is 5.88. The van der Waals surface area contributed by atoms with E-state index in [9.17, 15) is 18.0 Å². The number of amides is 2. The van der Waals surface area contributed by atoms with Crippen LogP contribution in [0.4, 0.5) is 5.69 Å². The average Bonchev–Trinajstić information content (AvgIpc) is 3.38. The van der Waals surface area contributed by atoms with Crippen molar-refractivity contribution in [1.82, 2.24) is 14.2 Å². The molecule has 10 heteroatoms. The molecule has 2 amide bonds. The first-order valence-corrected chi connectivity index (χ1v) is 13.4. The van der Waals surface area contributed by atoms with Gasteiger partial charge < -0.3 is 10.2 Å². The monoisotopic (exact) mass is 498 g/mol. The van der Waals surface area contributed by atoms with Crippen LogP contribution in [-0.2, 0) is 21.2 Å². The number of benzene rings is 1. The van der Waals surface area contributed by atoms with E-state index in [1.54, 1.807) is 46.6 Å². The summed E-state index contributed by atoms with van der Waals surface area (Å²) in [6.07, 6.45) is 4.89. The summed E-state index contributed by atoms with van der Waals surface area (Å²) >= 11 is 1.68. The van der Waals surface area contributed by atoms with Crippen LogP contribution in [-0.4, -0.2) is 60.6 Å². The van der Waals surface area contributed by atoms with Gasteiger partial charge in [0.2, 0.25) is 15.9 Å². The third-order valence-corrected chi connectivity index (χ3v) is 8.42. The Labute approximate surface area is 203 Å². The van der Waals surface area contributed by atoms with Gasteiger partial charge in [-0.25, -0.2) is 8.42 Å². The van der Waals surface area contributed by atoms with E-state index >= 15 is 0 Å². The number of thiophene rings is 1. The van der Waals surface area contributed by atoms with Crippen molar-refractivity contribution >= 4 is 38.9 Å². The number of hydrogen-bond acceptors (Lipinski definition) is 6. The molecule has 0 spiro atoms. The molecular formula is C24H26N4O4S2. The van der Waals surface area contributed by atoms with Crippen LogP contribution in [0.5, 0.6) is 0 Å². The molecule has 178 valence electrons. The van der Waals surface area contributed by atoms with Crippen LogP contribution in [0.3, 0.4) is 0 Å². The number of aromatic nitrogens is 1. The van der Waals surface area contributed by atoms with Gasteiger partial charge in [0.25, 0.3) is 5.91 Å². The lowest BCUT2D eigenvalue weighted by molar-refractivity contribution is -0.116. The fourth-order valence-electron chi connectivity index (χ4n) is 3.79. The van der Waals surface area contributed by atoms with E-state index in [0.29, 0.717) is 17.7 Å². The van der Waals surface area contributed by atoms with Crippen LogP contribution < -0.4 is 5.32 Å². The minimum atomic E-state index is -3.63. The molecule has 34 heavy (non-hydrogen) atoms. The minimum absolute atomic E-state index is 0.0876. The van der Waals surface area contributed by atoms with Crippen molar-refractivity contribution in [2.24, 2.45) is 0 Å². The Balaban J connectivity index is 1.30. The maximum Gasteiger partial charge on any atom is 0.254 e. The molecule has 1 aliphatic rings. The van der Waals surface area contributed by atoms with Gasteiger partial charge in [0.15, 0.2) is 0 Å². The van der Waals surface area contributed by atoms with Gasteiger partial charge in [0.05, 0.1) is 0 Å². The topological polar surface area (TPSA) is 99.7 Å². The van der Waals surface area contributed by atoms with Crippen LogP contribution >= 0.6 is 11.3 Å². The molecule has 1 saturated heterocycles. The van der Waals surface area contributed by atoms with Gasteiger partial charge in [0, 0.05) is 61.1 Å². The predicted octanol–water partition coefficient (Wildman–Crippen LogP) is 3.25. The first-order chi connectivity index (χ1) is 16.4. The lowest BCUT2D eigenvalue weighted by Crippen LogP contribution is -2.50. The number of hydrogen-bond donors (Lipinski definition) is 1. The first kappa shape index (κ1) is 24.1. The first-order valence-electron chi connectivity index (χ1n) is 11.1. The number of carbonyl (C=O) groups is 2.